The smallest absolute Gasteiger partial charge is 0.253 e. The molecule has 0 radical (unpaired) electrons. The number of carbonyl (C=O) groups is 1. The SMILES string of the molecule is O=C(c1ccc2[nH]nc(-c3nc4ccccc4[nH]3)c2c1)N1CCCC1. The zero-order chi connectivity index (χ0) is 16.8. The maximum atomic E-state index is 12.7. The van der Waals surface area contributed by atoms with Crippen molar-refractivity contribution in [2.45, 2.75) is 12.8 Å². The van der Waals surface area contributed by atoms with Crippen LogP contribution in [0, 0.1) is 0 Å². The van der Waals surface area contributed by atoms with Gasteiger partial charge in [0, 0.05) is 24.0 Å². The summed E-state index contributed by atoms with van der Waals surface area (Å²) < 4.78 is 0. The van der Waals surface area contributed by atoms with Crippen molar-refractivity contribution in [1.29, 1.82) is 0 Å². The van der Waals surface area contributed by atoms with E-state index in [0.29, 0.717) is 11.4 Å². The van der Waals surface area contributed by atoms with Crippen molar-refractivity contribution in [2.75, 3.05) is 13.1 Å². The normalized spacial score (nSPS) is 14.6. The zero-order valence-electron chi connectivity index (χ0n) is 13.6. The topological polar surface area (TPSA) is 77.7 Å². The van der Waals surface area contributed by atoms with Gasteiger partial charge in [0.15, 0.2) is 5.82 Å². The summed E-state index contributed by atoms with van der Waals surface area (Å²) >= 11 is 0. The molecule has 6 nitrogen and oxygen atoms in total. The van der Waals surface area contributed by atoms with Gasteiger partial charge in [0.05, 0.1) is 16.6 Å². The molecule has 0 spiro atoms. The molecule has 0 unspecified atom stereocenters. The van der Waals surface area contributed by atoms with E-state index in [9.17, 15) is 4.79 Å². The highest BCUT2D eigenvalue weighted by atomic mass is 16.2. The second kappa shape index (κ2) is 5.44. The minimum atomic E-state index is 0.0937. The van der Waals surface area contributed by atoms with Crippen molar-refractivity contribution in [3.63, 3.8) is 0 Å². The molecule has 0 bridgehead atoms. The van der Waals surface area contributed by atoms with Gasteiger partial charge >= 0.3 is 0 Å². The summed E-state index contributed by atoms with van der Waals surface area (Å²) in [6.45, 7) is 1.69. The molecule has 0 atom stereocenters. The Bertz CT molecular complexity index is 1050. The maximum absolute atomic E-state index is 12.7. The van der Waals surface area contributed by atoms with E-state index in [4.69, 9.17) is 0 Å². The number of benzene rings is 2. The van der Waals surface area contributed by atoms with Crippen LogP contribution in [0.3, 0.4) is 0 Å². The molecule has 5 rings (SSSR count). The number of hydrogen-bond donors (Lipinski definition) is 2. The molecule has 25 heavy (non-hydrogen) atoms. The van der Waals surface area contributed by atoms with E-state index in [1.807, 2.05) is 47.4 Å². The Balaban J connectivity index is 1.61. The summed E-state index contributed by atoms with van der Waals surface area (Å²) in [6, 6.07) is 13.6. The van der Waals surface area contributed by atoms with Crippen LogP contribution in [0.4, 0.5) is 0 Å². The van der Waals surface area contributed by atoms with Crippen LogP contribution in [0.2, 0.25) is 0 Å². The van der Waals surface area contributed by atoms with Crippen LogP contribution in [-0.4, -0.2) is 44.1 Å². The van der Waals surface area contributed by atoms with E-state index in [1.165, 1.54) is 0 Å². The number of aromatic nitrogens is 4. The molecule has 1 aliphatic rings. The third-order valence-electron chi connectivity index (χ3n) is 4.82. The first-order valence-corrected chi connectivity index (χ1v) is 8.52. The Hall–Kier alpha value is -3.15. The molecule has 1 saturated heterocycles. The number of aromatic amines is 2. The maximum Gasteiger partial charge on any atom is 0.253 e. The lowest BCUT2D eigenvalue weighted by Gasteiger charge is -2.15. The average molecular weight is 331 g/mol. The molecule has 124 valence electrons. The number of H-pyrrole nitrogens is 2. The molecule has 2 aromatic heterocycles. The number of fused-ring (bicyclic) bond motifs is 2. The number of imidazole rings is 1. The molecule has 4 aromatic rings. The fourth-order valence-electron chi connectivity index (χ4n) is 3.50. The lowest BCUT2D eigenvalue weighted by atomic mass is 10.1. The predicted octanol–water partition coefficient (Wildman–Crippen LogP) is 3.34. The summed E-state index contributed by atoms with van der Waals surface area (Å²) in [5.41, 5.74) is 4.21. The van der Waals surface area contributed by atoms with Gasteiger partial charge in [0.2, 0.25) is 0 Å². The third-order valence-corrected chi connectivity index (χ3v) is 4.82. The van der Waals surface area contributed by atoms with Gasteiger partial charge in [0.1, 0.15) is 5.69 Å². The number of nitrogens with one attached hydrogen (secondary N) is 2. The van der Waals surface area contributed by atoms with Gasteiger partial charge in [-0.15, -0.1) is 0 Å². The fourth-order valence-corrected chi connectivity index (χ4v) is 3.50. The number of carbonyl (C=O) groups excluding carboxylic acids is 1. The van der Waals surface area contributed by atoms with Crippen LogP contribution in [0.5, 0.6) is 0 Å². The number of amides is 1. The van der Waals surface area contributed by atoms with Crippen molar-refractivity contribution >= 4 is 27.8 Å². The van der Waals surface area contributed by atoms with E-state index in [1.54, 1.807) is 0 Å². The minimum absolute atomic E-state index is 0.0937. The monoisotopic (exact) mass is 331 g/mol. The molecule has 2 N–H and O–H groups in total. The van der Waals surface area contributed by atoms with Gasteiger partial charge in [-0.1, -0.05) is 12.1 Å². The highest BCUT2D eigenvalue weighted by Gasteiger charge is 2.21. The van der Waals surface area contributed by atoms with Gasteiger partial charge in [-0.3, -0.25) is 9.89 Å². The van der Waals surface area contributed by atoms with E-state index < -0.39 is 0 Å². The predicted molar refractivity (Wildman–Crippen MR) is 96.3 cm³/mol. The van der Waals surface area contributed by atoms with Gasteiger partial charge in [-0.2, -0.15) is 5.10 Å². The fraction of sp³-hybridized carbons (Fsp3) is 0.211. The lowest BCUT2D eigenvalue weighted by Crippen LogP contribution is -2.27. The van der Waals surface area contributed by atoms with Gasteiger partial charge < -0.3 is 9.88 Å². The van der Waals surface area contributed by atoms with Crippen LogP contribution < -0.4 is 0 Å². The first-order chi connectivity index (χ1) is 12.3. The standard InChI is InChI=1S/C19H17N5O/c25-19(24-9-3-4-10-24)12-7-8-14-13(11-12)17(23-22-14)18-20-15-5-1-2-6-16(15)21-18/h1-2,5-8,11H,3-4,9-10H2,(H,20,21)(H,22,23). The van der Waals surface area contributed by atoms with Crippen molar-refractivity contribution in [2.24, 2.45) is 0 Å². The van der Waals surface area contributed by atoms with Crippen LogP contribution in [0.25, 0.3) is 33.5 Å². The Morgan fingerprint density at radius 2 is 1.88 bits per heavy atom. The summed E-state index contributed by atoms with van der Waals surface area (Å²) in [6.07, 6.45) is 2.17. The summed E-state index contributed by atoms with van der Waals surface area (Å²) in [5, 5.41) is 8.35. The summed E-state index contributed by atoms with van der Waals surface area (Å²) in [7, 11) is 0. The van der Waals surface area contributed by atoms with Gasteiger partial charge in [0.25, 0.3) is 5.91 Å². The van der Waals surface area contributed by atoms with E-state index in [-0.39, 0.29) is 5.91 Å². The molecule has 0 saturated carbocycles. The van der Waals surface area contributed by atoms with Crippen LogP contribution in [0.15, 0.2) is 42.5 Å². The quantitative estimate of drug-likeness (QED) is 0.591. The largest absolute Gasteiger partial charge is 0.339 e. The number of hydrogen-bond acceptors (Lipinski definition) is 3. The summed E-state index contributed by atoms with van der Waals surface area (Å²) in [4.78, 5) is 22.5. The Labute approximate surface area is 143 Å². The second-order valence-corrected chi connectivity index (χ2v) is 6.43. The molecule has 2 aromatic carbocycles. The van der Waals surface area contributed by atoms with Gasteiger partial charge in [-0.25, -0.2) is 4.98 Å². The molecule has 0 aliphatic carbocycles. The van der Waals surface area contributed by atoms with Crippen molar-refractivity contribution in [3.05, 3.63) is 48.0 Å². The van der Waals surface area contributed by atoms with Gasteiger partial charge in [-0.05, 0) is 43.2 Å². The molecule has 1 fully saturated rings. The molecule has 6 heteroatoms. The molecule has 3 heterocycles. The summed E-state index contributed by atoms with van der Waals surface area (Å²) in [5.74, 6) is 0.800. The van der Waals surface area contributed by atoms with E-state index in [2.05, 4.69) is 20.2 Å². The molecule has 1 aliphatic heterocycles. The van der Waals surface area contributed by atoms with Crippen molar-refractivity contribution in [1.82, 2.24) is 25.1 Å². The number of para-hydroxylation sites is 2. The average Bonchev–Trinajstić information content (AvgIpc) is 3.38. The first-order valence-electron chi connectivity index (χ1n) is 8.52. The highest BCUT2D eigenvalue weighted by Crippen LogP contribution is 2.27. The number of rotatable bonds is 2. The van der Waals surface area contributed by atoms with Crippen LogP contribution in [0.1, 0.15) is 23.2 Å². The minimum Gasteiger partial charge on any atom is -0.339 e. The number of nitrogens with zero attached hydrogens (tertiary/aromatic N) is 3. The van der Waals surface area contributed by atoms with Crippen molar-refractivity contribution in [3.8, 4) is 11.5 Å². The van der Waals surface area contributed by atoms with E-state index >= 15 is 0 Å². The van der Waals surface area contributed by atoms with Crippen molar-refractivity contribution < 1.29 is 4.79 Å². The van der Waals surface area contributed by atoms with Crippen LogP contribution in [-0.2, 0) is 0 Å². The van der Waals surface area contributed by atoms with Crippen LogP contribution >= 0.6 is 0 Å². The Morgan fingerprint density at radius 1 is 1.04 bits per heavy atom. The molecular weight excluding hydrogens is 314 g/mol. The second-order valence-electron chi connectivity index (χ2n) is 6.43. The lowest BCUT2D eigenvalue weighted by molar-refractivity contribution is 0.0793. The first kappa shape index (κ1) is 14.2. The Kier molecular flexibility index (Phi) is 3.09. The number of likely N-dealkylation sites (tertiary alicyclic amines) is 1. The Morgan fingerprint density at radius 3 is 2.72 bits per heavy atom. The zero-order valence-corrected chi connectivity index (χ0v) is 13.6. The third kappa shape index (κ3) is 2.29. The molecular formula is C19H17N5O. The van der Waals surface area contributed by atoms with E-state index in [0.717, 1.165) is 53.6 Å². The molecule has 1 amide bonds. The highest BCUT2D eigenvalue weighted by molar-refractivity contribution is 6.01.